The van der Waals surface area contributed by atoms with Gasteiger partial charge in [0.2, 0.25) is 0 Å². The maximum atomic E-state index is 13.5. The van der Waals surface area contributed by atoms with Crippen LogP contribution in [0.4, 0.5) is 0 Å². The Bertz CT molecular complexity index is 735. The van der Waals surface area contributed by atoms with Crippen molar-refractivity contribution >= 4 is 17.2 Å². The third-order valence-corrected chi connectivity index (χ3v) is 6.86. The lowest BCUT2D eigenvalue weighted by Crippen LogP contribution is -2.56. The molecule has 4 rings (SSSR count). The molecule has 2 heterocycles. The second-order valence-corrected chi connectivity index (χ2v) is 8.59. The summed E-state index contributed by atoms with van der Waals surface area (Å²) in [4.78, 5) is 17.8. The van der Waals surface area contributed by atoms with Gasteiger partial charge in [0, 0.05) is 38.6 Å². The summed E-state index contributed by atoms with van der Waals surface area (Å²) >= 11 is 1.72. The van der Waals surface area contributed by atoms with Gasteiger partial charge in [-0.15, -0.1) is 0 Å². The van der Waals surface area contributed by atoms with Gasteiger partial charge < -0.3 is 10.0 Å². The first-order valence-corrected chi connectivity index (χ1v) is 10.9. The van der Waals surface area contributed by atoms with Gasteiger partial charge in [-0.1, -0.05) is 43.2 Å². The van der Waals surface area contributed by atoms with Crippen LogP contribution in [0.2, 0.25) is 0 Å². The van der Waals surface area contributed by atoms with E-state index in [9.17, 15) is 9.90 Å². The molecule has 5 heteroatoms. The van der Waals surface area contributed by atoms with Gasteiger partial charge in [-0.05, 0) is 40.8 Å². The average Bonchev–Trinajstić information content (AvgIpc) is 3.42. The zero-order chi connectivity index (χ0) is 18.7. The fourth-order valence-corrected chi connectivity index (χ4v) is 5.22. The van der Waals surface area contributed by atoms with E-state index in [-0.39, 0.29) is 11.8 Å². The summed E-state index contributed by atoms with van der Waals surface area (Å²) in [6, 6.07) is 11.7. The molecule has 1 saturated heterocycles. The molecule has 27 heavy (non-hydrogen) atoms. The number of hydrogen-bond acceptors (Lipinski definition) is 4. The lowest BCUT2D eigenvalue weighted by Gasteiger charge is -2.41. The van der Waals surface area contributed by atoms with Gasteiger partial charge in [-0.25, -0.2) is 0 Å². The smallest absolute Gasteiger partial charge is 0.259 e. The summed E-state index contributed by atoms with van der Waals surface area (Å²) in [5.41, 5.74) is 0.710. The van der Waals surface area contributed by atoms with Crippen molar-refractivity contribution in [1.29, 1.82) is 0 Å². The Kier molecular flexibility index (Phi) is 5.62. The van der Waals surface area contributed by atoms with Crippen LogP contribution < -0.4 is 0 Å². The largest absolute Gasteiger partial charge is 0.375 e. The van der Waals surface area contributed by atoms with E-state index in [4.69, 9.17) is 0 Å². The molecule has 0 bridgehead atoms. The highest BCUT2D eigenvalue weighted by Gasteiger charge is 2.48. The van der Waals surface area contributed by atoms with Crippen LogP contribution >= 0.6 is 11.3 Å². The molecular formula is C22H28N2O2S. The number of benzene rings is 1. The first-order chi connectivity index (χ1) is 13.2. The van der Waals surface area contributed by atoms with Gasteiger partial charge in [0.15, 0.2) is 5.60 Å². The van der Waals surface area contributed by atoms with Gasteiger partial charge >= 0.3 is 0 Å². The van der Waals surface area contributed by atoms with Crippen molar-refractivity contribution in [3.05, 3.63) is 58.3 Å². The number of piperazine rings is 1. The quantitative estimate of drug-likeness (QED) is 0.858. The van der Waals surface area contributed by atoms with E-state index in [1.54, 1.807) is 11.3 Å². The second kappa shape index (κ2) is 8.13. The number of rotatable bonds is 5. The number of hydrogen-bond donors (Lipinski definition) is 1. The summed E-state index contributed by atoms with van der Waals surface area (Å²) in [5, 5.41) is 16.0. The Morgan fingerprint density at radius 2 is 1.78 bits per heavy atom. The Morgan fingerprint density at radius 1 is 1.07 bits per heavy atom. The van der Waals surface area contributed by atoms with Gasteiger partial charge in [0.1, 0.15) is 0 Å². The zero-order valence-electron chi connectivity index (χ0n) is 15.7. The van der Waals surface area contributed by atoms with E-state index in [1.165, 1.54) is 5.56 Å². The first kappa shape index (κ1) is 18.7. The molecule has 4 nitrogen and oxygen atoms in total. The summed E-state index contributed by atoms with van der Waals surface area (Å²) in [7, 11) is 0. The van der Waals surface area contributed by atoms with E-state index >= 15 is 0 Å². The molecule has 1 atom stereocenters. The van der Waals surface area contributed by atoms with Crippen LogP contribution in [0.1, 0.15) is 36.8 Å². The highest BCUT2D eigenvalue weighted by Crippen LogP contribution is 2.42. The van der Waals surface area contributed by atoms with Crippen molar-refractivity contribution in [3.63, 3.8) is 0 Å². The molecular weight excluding hydrogens is 356 g/mol. The maximum absolute atomic E-state index is 13.5. The minimum atomic E-state index is -1.38. The van der Waals surface area contributed by atoms with E-state index in [1.807, 2.05) is 35.2 Å². The highest BCUT2D eigenvalue weighted by atomic mass is 32.1. The molecule has 1 aromatic heterocycles. The number of carbonyl (C=O) groups excluding carboxylic acids is 1. The molecule has 144 valence electrons. The van der Waals surface area contributed by atoms with Crippen molar-refractivity contribution in [2.75, 3.05) is 26.2 Å². The third-order valence-electron chi connectivity index (χ3n) is 6.13. The lowest BCUT2D eigenvalue weighted by molar-refractivity contribution is -0.161. The second-order valence-electron chi connectivity index (χ2n) is 7.81. The lowest BCUT2D eigenvalue weighted by atomic mass is 9.79. The minimum Gasteiger partial charge on any atom is -0.375 e. The summed E-state index contributed by atoms with van der Waals surface area (Å²) in [5.74, 6) is -0.0768. The summed E-state index contributed by atoms with van der Waals surface area (Å²) < 4.78 is 0. The van der Waals surface area contributed by atoms with Gasteiger partial charge in [0.25, 0.3) is 5.91 Å². The first-order valence-electron chi connectivity index (χ1n) is 9.98. The summed E-state index contributed by atoms with van der Waals surface area (Å²) in [6.07, 6.45) is 4.05. The monoisotopic (exact) mass is 384 g/mol. The zero-order valence-corrected chi connectivity index (χ0v) is 16.5. The van der Waals surface area contributed by atoms with Crippen molar-refractivity contribution in [2.24, 2.45) is 5.92 Å². The molecule has 1 amide bonds. The molecule has 1 aliphatic heterocycles. The number of carbonyl (C=O) groups is 1. The molecule has 0 spiro atoms. The van der Waals surface area contributed by atoms with Crippen LogP contribution in [0.5, 0.6) is 0 Å². The van der Waals surface area contributed by atoms with Crippen LogP contribution in [0.3, 0.4) is 0 Å². The molecule has 2 fully saturated rings. The molecule has 1 saturated carbocycles. The van der Waals surface area contributed by atoms with Gasteiger partial charge in [-0.2, -0.15) is 11.3 Å². The van der Waals surface area contributed by atoms with Crippen molar-refractivity contribution < 1.29 is 9.90 Å². The number of aliphatic hydroxyl groups is 1. The minimum absolute atomic E-state index is 0.0243. The highest BCUT2D eigenvalue weighted by molar-refractivity contribution is 7.07. The number of nitrogens with zero attached hydrogens (tertiary/aromatic N) is 2. The molecule has 0 radical (unpaired) electrons. The molecule has 0 unspecified atom stereocenters. The van der Waals surface area contributed by atoms with Crippen LogP contribution in [-0.2, 0) is 16.9 Å². The molecule has 2 aromatic rings. The van der Waals surface area contributed by atoms with Crippen LogP contribution in [0.15, 0.2) is 47.2 Å². The molecule has 1 aliphatic carbocycles. The molecule has 2 aliphatic rings. The van der Waals surface area contributed by atoms with Crippen molar-refractivity contribution in [1.82, 2.24) is 9.80 Å². The Morgan fingerprint density at radius 3 is 2.41 bits per heavy atom. The Labute approximate surface area is 165 Å². The van der Waals surface area contributed by atoms with Crippen LogP contribution in [0, 0.1) is 5.92 Å². The normalized spacial score (nSPS) is 21.3. The fraction of sp³-hybridized carbons (Fsp3) is 0.500. The van der Waals surface area contributed by atoms with Crippen LogP contribution in [0.25, 0.3) is 0 Å². The van der Waals surface area contributed by atoms with Crippen molar-refractivity contribution in [3.8, 4) is 0 Å². The van der Waals surface area contributed by atoms with Gasteiger partial charge in [-0.3, -0.25) is 9.69 Å². The Balaban J connectivity index is 1.47. The van der Waals surface area contributed by atoms with E-state index in [0.717, 1.165) is 50.9 Å². The predicted molar refractivity (Wildman–Crippen MR) is 108 cm³/mol. The maximum Gasteiger partial charge on any atom is 0.259 e. The third kappa shape index (κ3) is 3.82. The SMILES string of the molecule is O=C(N1CCN(Cc2ccsc2)CC1)[C@](O)(c1ccccc1)C1CCCC1. The molecule has 1 aromatic carbocycles. The number of amides is 1. The van der Waals surface area contributed by atoms with E-state index < -0.39 is 5.60 Å². The molecule has 1 N–H and O–H groups in total. The fourth-order valence-electron chi connectivity index (χ4n) is 4.56. The van der Waals surface area contributed by atoms with Crippen molar-refractivity contribution in [2.45, 2.75) is 37.8 Å². The Hall–Kier alpha value is -1.69. The topological polar surface area (TPSA) is 43.8 Å². The summed E-state index contributed by atoms with van der Waals surface area (Å²) in [6.45, 7) is 4.03. The van der Waals surface area contributed by atoms with Gasteiger partial charge in [0.05, 0.1) is 0 Å². The van der Waals surface area contributed by atoms with E-state index in [2.05, 4.69) is 21.7 Å². The average molecular weight is 385 g/mol. The standard InChI is InChI=1S/C22H28N2O2S/c25-21(24-13-11-23(12-14-24)16-18-10-15-27-17-18)22(26,20-8-4-5-9-20)19-6-2-1-3-7-19/h1-3,6-7,10,15,17,20,26H,4-5,8-9,11-14,16H2/t22-/m0/s1. The van der Waals surface area contributed by atoms with E-state index in [0.29, 0.717) is 13.1 Å². The predicted octanol–water partition coefficient (Wildman–Crippen LogP) is 3.47. The van der Waals surface area contributed by atoms with Crippen LogP contribution in [-0.4, -0.2) is 47.0 Å². The number of thiophene rings is 1.